The molecule has 1 aromatic carbocycles. The van der Waals surface area contributed by atoms with Crippen LogP contribution in [0.1, 0.15) is 30.6 Å². The molecule has 0 saturated carbocycles. The number of carbonyl (C=O) groups excluding carboxylic acids is 1. The number of hydrogen-bond acceptors (Lipinski definition) is 3. The van der Waals surface area contributed by atoms with Crippen molar-refractivity contribution in [3.05, 3.63) is 47.8 Å². The van der Waals surface area contributed by atoms with Gasteiger partial charge in [-0.3, -0.25) is 9.48 Å². The number of rotatable bonds is 6. The van der Waals surface area contributed by atoms with E-state index < -0.39 is 0 Å². The van der Waals surface area contributed by atoms with Crippen molar-refractivity contribution in [2.45, 2.75) is 25.8 Å². The van der Waals surface area contributed by atoms with E-state index in [1.54, 1.807) is 22.9 Å². The number of carbonyl (C=O) groups is 1. The highest BCUT2D eigenvalue weighted by Gasteiger charge is 2.18. The predicted octanol–water partition coefficient (Wildman–Crippen LogP) is 2.58. The summed E-state index contributed by atoms with van der Waals surface area (Å²) < 4.78 is 7.05. The maximum Gasteiger partial charge on any atom is 0.223 e. The van der Waals surface area contributed by atoms with Crippen molar-refractivity contribution in [3.8, 4) is 5.75 Å². The highest BCUT2D eigenvalue weighted by atomic mass is 16.5. The minimum absolute atomic E-state index is 0.00846. The Kier molecular flexibility index (Phi) is 5.20. The first-order valence-corrected chi connectivity index (χ1v) is 7.39. The third-order valence-corrected chi connectivity index (χ3v) is 4.07. The van der Waals surface area contributed by atoms with E-state index >= 15 is 0 Å². The summed E-state index contributed by atoms with van der Waals surface area (Å²) in [5.41, 5.74) is 2.13. The van der Waals surface area contributed by atoms with Crippen LogP contribution in [-0.2, 0) is 18.3 Å². The van der Waals surface area contributed by atoms with Crippen LogP contribution >= 0.6 is 0 Å². The topological polar surface area (TPSA) is 47.4 Å². The molecule has 0 spiro atoms. The van der Waals surface area contributed by atoms with Gasteiger partial charge < -0.3 is 9.64 Å². The van der Waals surface area contributed by atoms with E-state index in [1.165, 1.54) is 0 Å². The van der Waals surface area contributed by atoms with Crippen LogP contribution in [0.25, 0.3) is 0 Å². The summed E-state index contributed by atoms with van der Waals surface area (Å²) in [4.78, 5) is 14.2. The maximum absolute atomic E-state index is 12.4. The Balaban J connectivity index is 1.98. The van der Waals surface area contributed by atoms with Gasteiger partial charge in [-0.05, 0) is 37.1 Å². The molecule has 0 aliphatic rings. The first-order chi connectivity index (χ1) is 10.5. The fourth-order valence-electron chi connectivity index (χ4n) is 2.40. The van der Waals surface area contributed by atoms with Gasteiger partial charge in [0.25, 0.3) is 0 Å². The van der Waals surface area contributed by atoms with Crippen molar-refractivity contribution in [2.24, 2.45) is 7.05 Å². The van der Waals surface area contributed by atoms with Crippen molar-refractivity contribution in [2.75, 3.05) is 14.2 Å². The number of aromatic nitrogens is 2. The van der Waals surface area contributed by atoms with Crippen LogP contribution in [0.2, 0.25) is 0 Å². The Labute approximate surface area is 131 Å². The molecule has 5 nitrogen and oxygen atoms in total. The number of aryl methyl sites for hydroxylation is 2. The summed E-state index contributed by atoms with van der Waals surface area (Å²) in [7, 11) is 5.38. The molecule has 0 aliphatic carbocycles. The number of nitrogens with zero attached hydrogens (tertiary/aromatic N) is 3. The molecule has 0 aliphatic heterocycles. The number of methoxy groups -OCH3 is 1. The van der Waals surface area contributed by atoms with E-state index in [0.29, 0.717) is 12.8 Å². The molecule has 1 unspecified atom stereocenters. The van der Waals surface area contributed by atoms with Crippen LogP contribution in [0.5, 0.6) is 5.75 Å². The molecule has 2 rings (SSSR count). The fraction of sp³-hybridized carbons (Fsp3) is 0.412. The van der Waals surface area contributed by atoms with E-state index in [-0.39, 0.29) is 11.9 Å². The molecule has 2 aromatic rings. The summed E-state index contributed by atoms with van der Waals surface area (Å²) in [6.45, 7) is 2.02. The first-order valence-electron chi connectivity index (χ1n) is 7.39. The standard InChI is InChI=1S/C17H23N3O2/c1-13(14-6-5-7-16(12-14)22-4)19(2)17(21)9-8-15-10-11-18-20(15)3/h5-7,10-13H,8-9H2,1-4H3. The van der Waals surface area contributed by atoms with Crippen LogP contribution < -0.4 is 4.74 Å². The average molecular weight is 301 g/mol. The molecule has 1 atom stereocenters. The van der Waals surface area contributed by atoms with Crippen molar-refractivity contribution in [3.63, 3.8) is 0 Å². The quantitative estimate of drug-likeness (QED) is 0.824. The van der Waals surface area contributed by atoms with Crippen LogP contribution in [-0.4, -0.2) is 34.7 Å². The molecule has 0 radical (unpaired) electrons. The second kappa shape index (κ2) is 7.11. The Morgan fingerprint density at radius 2 is 2.18 bits per heavy atom. The minimum atomic E-state index is 0.00846. The molecule has 0 fully saturated rings. The van der Waals surface area contributed by atoms with Crippen LogP contribution in [0.3, 0.4) is 0 Å². The van der Waals surface area contributed by atoms with Crippen LogP contribution in [0.15, 0.2) is 36.5 Å². The van der Waals surface area contributed by atoms with E-state index in [4.69, 9.17) is 4.74 Å². The van der Waals surface area contributed by atoms with Gasteiger partial charge in [-0.25, -0.2) is 0 Å². The Morgan fingerprint density at radius 3 is 2.82 bits per heavy atom. The number of amides is 1. The summed E-state index contributed by atoms with van der Waals surface area (Å²) in [5.74, 6) is 0.927. The van der Waals surface area contributed by atoms with Crippen molar-refractivity contribution in [1.82, 2.24) is 14.7 Å². The van der Waals surface area contributed by atoms with Gasteiger partial charge in [-0.15, -0.1) is 0 Å². The normalized spacial score (nSPS) is 12.0. The monoisotopic (exact) mass is 301 g/mol. The van der Waals surface area contributed by atoms with Crippen LogP contribution in [0, 0.1) is 0 Å². The van der Waals surface area contributed by atoms with Crippen molar-refractivity contribution in [1.29, 1.82) is 0 Å². The summed E-state index contributed by atoms with van der Waals surface area (Å²) in [6, 6.07) is 9.78. The third-order valence-electron chi connectivity index (χ3n) is 4.07. The van der Waals surface area contributed by atoms with Gasteiger partial charge in [-0.2, -0.15) is 5.10 Å². The van der Waals surface area contributed by atoms with E-state index in [1.807, 2.05) is 51.4 Å². The average Bonchev–Trinajstić information content (AvgIpc) is 2.96. The summed E-state index contributed by atoms with van der Waals surface area (Å²) >= 11 is 0. The Morgan fingerprint density at radius 1 is 1.41 bits per heavy atom. The zero-order valence-corrected chi connectivity index (χ0v) is 13.6. The Bertz CT molecular complexity index is 636. The number of ether oxygens (including phenoxy) is 1. The largest absolute Gasteiger partial charge is 0.497 e. The van der Waals surface area contributed by atoms with Crippen LogP contribution in [0.4, 0.5) is 0 Å². The molecule has 5 heteroatoms. The third kappa shape index (κ3) is 3.67. The van der Waals surface area contributed by atoms with Gasteiger partial charge in [0, 0.05) is 32.4 Å². The Hall–Kier alpha value is -2.30. The molecular weight excluding hydrogens is 278 g/mol. The molecule has 1 heterocycles. The smallest absolute Gasteiger partial charge is 0.223 e. The van der Waals surface area contributed by atoms with E-state index in [0.717, 1.165) is 17.0 Å². The summed E-state index contributed by atoms with van der Waals surface area (Å²) in [6.07, 6.45) is 2.93. The van der Waals surface area contributed by atoms with E-state index in [9.17, 15) is 4.79 Å². The lowest BCUT2D eigenvalue weighted by molar-refractivity contribution is -0.131. The maximum atomic E-state index is 12.4. The van der Waals surface area contributed by atoms with Gasteiger partial charge >= 0.3 is 0 Å². The SMILES string of the molecule is COc1cccc(C(C)N(C)C(=O)CCc2ccnn2C)c1. The highest BCUT2D eigenvalue weighted by Crippen LogP contribution is 2.23. The molecule has 0 N–H and O–H groups in total. The van der Waals surface area contributed by atoms with Gasteiger partial charge in [0.1, 0.15) is 5.75 Å². The lowest BCUT2D eigenvalue weighted by Crippen LogP contribution is -2.30. The van der Waals surface area contributed by atoms with Crippen molar-refractivity contribution >= 4 is 5.91 Å². The molecule has 118 valence electrons. The molecule has 22 heavy (non-hydrogen) atoms. The first kappa shape index (κ1) is 16.1. The molecule has 1 amide bonds. The fourth-order valence-corrected chi connectivity index (χ4v) is 2.40. The van der Waals surface area contributed by atoms with Gasteiger partial charge in [0.05, 0.1) is 13.2 Å². The van der Waals surface area contributed by atoms with Gasteiger partial charge in [0.15, 0.2) is 0 Å². The highest BCUT2D eigenvalue weighted by molar-refractivity contribution is 5.76. The van der Waals surface area contributed by atoms with Gasteiger partial charge in [-0.1, -0.05) is 12.1 Å². The second-order valence-electron chi connectivity index (χ2n) is 5.40. The number of hydrogen-bond donors (Lipinski definition) is 0. The molecule has 1 aromatic heterocycles. The van der Waals surface area contributed by atoms with Gasteiger partial charge in [0.2, 0.25) is 5.91 Å². The zero-order valence-electron chi connectivity index (χ0n) is 13.6. The lowest BCUT2D eigenvalue weighted by atomic mass is 10.1. The number of benzene rings is 1. The van der Waals surface area contributed by atoms with E-state index in [2.05, 4.69) is 5.10 Å². The zero-order chi connectivity index (χ0) is 16.1. The summed E-state index contributed by atoms with van der Waals surface area (Å²) in [5, 5.41) is 4.12. The minimum Gasteiger partial charge on any atom is -0.497 e. The lowest BCUT2D eigenvalue weighted by Gasteiger charge is -2.25. The molecule has 0 bridgehead atoms. The predicted molar refractivity (Wildman–Crippen MR) is 85.7 cm³/mol. The molecule has 0 saturated heterocycles. The molecular formula is C17H23N3O2. The second-order valence-corrected chi connectivity index (χ2v) is 5.40. The van der Waals surface area contributed by atoms with Crippen molar-refractivity contribution < 1.29 is 9.53 Å².